The number of imide groups is 1. The number of rotatable bonds is 2. The van der Waals surface area contributed by atoms with E-state index < -0.39 is 25.6 Å². The first kappa shape index (κ1) is 14.6. The van der Waals surface area contributed by atoms with Crippen molar-refractivity contribution in [1.82, 2.24) is 5.32 Å². The molecule has 1 saturated heterocycles. The normalized spacial score (nSPS) is 19.0. The summed E-state index contributed by atoms with van der Waals surface area (Å²) in [6.45, 7) is 0. The Labute approximate surface area is 133 Å². The smallest absolute Gasteiger partial charge is 0.285 e. The van der Waals surface area contributed by atoms with Crippen LogP contribution in [0.2, 0.25) is 0 Å². The number of fused-ring (bicyclic) bond motifs is 1. The van der Waals surface area contributed by atoms with Crippen LogP contribution in [0.5, 0.6) is 0 Å². The van der Waals surface area contributed by atoms with Crippen molar-refractivity contribution in [1.29, 1.82) is 0 Å². The number of hydrogen-bond donors (Lipinski definition) is 1. The summed E-state index contributed by atoms with van der Waals surface area (Å²) in [7, 11) is -3.99. The summed E-state index contributed by atoms with van der Waals surface area (Å²) in [5.74, 6) is -0.801. The molecule has 1 aliphatic heterocycles. The first-order valence-electron chi connectivity index (χ1n) is 5.84. The van der Waals surface area contributed by atoms with Crippen molar-refractivity contribution in [2.24, 2.45) is 0 Å². The molecule has 8 heteroatoms. The average Bonchev–Trinajstić information content (AvgIpc) is 2.78. The summed E-state index contributed by atoms with van der Waals surface area (Å²) in [6.07, 6.45) is 0. The fourth-order valence-corrected chi connectivity index (χ4v) is 6.14. The maximum absolute atomic E-state index is 12.8. The molecule has 1 N–H and O–H groups in total. The molecule has 1 heterocycles. The summed E-state index contributed by atoms with van der Waals surface area (Å²) in [4.78, 5) is 23.0. The monoisotopic (exact) mass is 385 g/mol. The van der Waals surface area contributed by atoms with Gasteiger partial charge in [0, 0.05) is 9.86 Å². The minimum atomic E-state index is -3.99. The number of carbonyl (C=O) groups excluding carboxylic acids is 2. The van der Waals surface area contributed by atoms with E-state index in [2.05, 4.69) is 15.9 Å². The van der Waals surface area contributed by atoms with Gasteiger partial charge >= 0.3 is 0 Å². The Morgan fingerprint density at radius 2 is 1.81 bits per heavy atom. The van der Waals surface area contributed by atoms with E-state index in [0.717, 1.165) is 5.39 Å². The number of nitrogens with one attached hydrogen (secondary N) is 1. The van der Waals surface area contributed by atoms with E-state index in [0.29, 0.717) is 21.6 Å². The minimum absolute atomic E-state index is 0.0305. The van der Waals surface area contributed by atoms with Crippen LogP contribution in [-0.2, 0) is 14.6 Å². The summed E-state index contributed by atoms with van der Waals surface area (Å²) in [5.41, 5.74) is 0. The van der Waals surface area contributed by atoms with Crippen LogP contribution < -0.4 is 5.32 Å². The molecule has 2 amide bonds. The SMILES string of the molecule is O=C1NC(=O)C(S(=O)(=O)c2c(Br)ccc3ccccc23)S1. The van der Waals surface area contributed by atoms with Gasteiger partial charge in [-0.3, -0.25) is 14.9 Å². The van der Waals surface area contributed by atoms with Crippen LogP contribution in [0.4, 0.5) is 4.79 Å². The molecule has 0 spiro atoms. The Hall–Kier alpha value is -1.38. The molecule has 0 saturated carbocycles. The van der Waals surface area contributed by atoms with Gasteiger partial charge in [0.1, 0.15) is 0 Å². The first-order chi connectivity index (χ1) is 9.91. The summed E-state index contributed by atoms with van der Waals surface area (Å²) in [5, 5.41) is 2.61. The van der Waals surface area contributed by atoms with Gasteiger partial charge in [-0.25, -0.2) is 8.42 Å². The number of sulfone groups is 1. The Morgan fingerprint density at radius 3 is 2.48 bits per heavy atom. The van der Waals surface area contributed by atoms with E-state index in [4.69, 9.17) is 0 Å². The van der Waals surface area contributed by atoms with Gasteiger partial charge in [0.15, 0.2) is 4.58 Å². The molecule has 1 fully saturated rings. The largest absolute Gasteiger partial charge is 0.287 e. The van der Waals surface area contributed by atoms with Gasteiger partial charge in [0.2, 0.25) is 9.84 Å². The van der Waals surface area contributed by atoms with Crippen molar-refractivity contribution in [3.05, 3.63) is 40.9 Å². The molecule has 0 radical (unpaired) electrons. The van der Waals surface area contributed by atoms with E-state index in [1.54, 1.807) is 36.4 Å². The Kier molecular flexibility index (Phi) is 3.54. The molecule has 3 rings (SSSR count). The van der Waals surface area contributed by atoms with Gasteiger partial charge < -0.3 is 0 Å². The zero-order valence-corrected chi connectivity index (χ0v) is 13.6. The average molecular weight is 386 g/mol. The molecule has 0 aromatic heterocycles. The summed E-state index contributed by atoms with van der Waals surface area (Å²) < 4.78 is 24.4. The Morgan fingerprint density at radius 1 is 1.10 bits per heavy atom. The van der Waals surface area contributed by atoms with Crippen LogP contribution in [0.25, 0.3) is 10.8 Å². The van der Waals surface area contributed by atoms with Crippen molar-refractivity contribution in [3.63, 3.8) is 0 Å². The minimum Gasteiger partial charge on any atom is -0.285 e. The second-order valence-corrected chi connectivity index (χ2v) is 8.57. The van der Waals surface area contributed by atoms with Gasteiger partial charge in [-0.2, -0.15) is 0 Å². The van der Waals surface area contributed by atoms with Gasteiger partial charge in [0.25, 0.3) is 11.1 Å². The Bertz CT molecular complexity index is 879. The number of benzene rings is 2. The third-order valence-corrected chi connectivity index (χ3v) is 7.55. The van der Waals surface area contributed by atoms with Crippen molar-refractivity contribution in [2.45, 2.75) is 9.48 Å². The van der Waals surface area contributed by atoms with Gasteiger partial charge in [-0.15, -0.1) is 0 Å². The zero-order chi connectivity index (χ0) is 15.2. The lowest BCUT2D eigenvalue weighted by molar-refractivity contribution is -0.117. The standard InChI is InChI=1S/C13H8BrNO4S2/c14-9-6-5-7-3-1-2-4-8(7)10(9)21(18,19)12-11(16)15-13(17)20-12/h1-6,12H,(H,15,16,17). The quantitative estimate of drug-likeness (QED) is 0.859. The highest BCUT2D eigenvalue weighted by atomic mass is 79.9. The molecule has 108 valence electrons. The van der Waals surface area contributed by atoms with E-state index >= 15 is 0 Å². The molecule has 21 heavy (non-hydrogen) atoms. The fourth-order valence-electron chi connectivity index (χ4n) is 2.16. The summed E-state index contributed by atoms with van der Waals surface area (Å²) >= 11 is 3.71. The number of carbonyl (C=O) groups is 2. The van der Waals surface area contributed by atoms with Crippen LogP contribution in [0.1, 0.15) is 0 Å². The summed E-state index contributed by atoms with van der Waals surface area (Å²) in [6, 6.07) is 10.4. The number of halogens is 1. The van der Waals surface area contributed by atoms with Gasteiger partial charge in [-0.1, -0.05) is 30.3 Å². The highest BCUT2D eigenvalue weighted by molar-refractivity contribution is 9.10. The number of hydrogen-bond acceptors (Lipinski definition) is 5. The van der Waals surface area contributed by atoms with Crippen LogP contribution >= 0.6 is 27.7 Å². The maximum atomic E-state index is 12.8. The number of thioether (sulfide) groups is 1. The molecule has 2 aromatic carbocycles. The molecule has 1 unspecified atom stereocenters. The Balaban J connectivity index is 2.27. The number of amides is 2. The lowest BCUT2D eigenvalue weighted by atomic mass is 10.1. The van der Waals surface area contributed by atoms with Crippen molar-refractivity contribution < 1.29 is 18.0 Å². The van der Waals surface area contributed by atoms with Gasteiger partial charge in [0.05, 0.1) is 4.90 Å². The molecule has 0 bridgehead atoms. The lowest BCUT2D eigenvalue weighted by Crippen LogP contribution is -2.30. The molecule has 1 aliphatic rings. The van der Waals surface area contributed by atoms with E-state index in [1.807, 2.05) is 5.32 Å². The van der Waals surface area contributed by atoms with Crippen molar-refractivity contribution in [2.75, 3.05) is 0 Å². The van der Waals surface area contributed by atoms with Crippen molar-refractivity contribution in [3.8, 4) is 0 Å². The highest BCUT2D eigenvalue weighted by Crippen LogP contribution is 2.37. The molecular weight excluding hydrogens is 378 g/mol. The third-order valence-electron chi connectivity index (χ3n) is 3.05. The predicted octanol–water partition coefficient (Wildman–Crippen LogP) is 2.69. The third kappa shape index (κ3) is 2.37. The van der Waals surface area contributed by atoms with Crippen LogP contribution in [0.3, 0.4) is 0 Å². The van der Waals surface area contributed by atoms with Gasteiger partial charge in [-0.05, 0) is 39.1 Å². The lowest BCUT2D eigenvalue weighted by Gasteiger charge is -2.12. The fraction of sp³-hybridized carbons (Fsp3) is 0.0769. The van der Waals surface area contributed by atoms with Crippen LogP contribution in [-0.4, -0.2) is 24.1 Å². The van der Waals surface area contributed by atoms with E-state index in [-0.39, 0.29) is 4.90 Å². The molecule has 2 aromatic rings. The highest BCUT2D eigenvalue weighted by Gasteiger charge is 2.44. The van der Waals surface area contributed by atoms with Crippen molar-refractivity contribution >= 4 is 59.4 Å². The van der Waals surface area contributed by atoms with Crippen LogP contribution in [0.15, 0.2) is 45.8 Å². The topological polar surface area (TPSA) is 80.3 Å². The van der Waals surface area contributed by atoms with Crippen LogP contribution in [0, 0.1) is 0 Å². The second kappa shape index (κ2) is 5.11. The zero-order valence-electron chi connectivity index (χ0n) is 10.4. The second-order valence-electron chi connectivity index (χ2n) is 4.37. The molecule has 0 aliphatic carbocycles. The maximum Gasteiger partial charge on any atom is 0.287 e. The molecular formula is C13H8BrNO4S2. The first-order valence-corrected chi connectivity index (χ1v) is 9.06. The molecule has 1 atom stereocenters. The molecule has 5 nitrogen and oxygen atoms in total. The van der Waals surface area contributed by atoms with E-state index in [1.165, 1.54) is 0 Å². The predicted molar refractivity (Wildman–Crippen MR) is 83.8 cm³/mol. The van der Waals surface area contributed by atoms with E-state index in [9.17, 15) is 18.0 Å².